The number of nitrogens with one attached hydrogen (secondary N) is 2. The summed E-state index contributed by atoms with van der Waals surface area (Å²) in [7, 11) is 1.64. The maximum absolute atomic E-state index is 14.0. The van der Waals surface area contributed by atoms with Crippen molar-refractivity contribution < 1.29 is 19.1 Å². The fourth-order valence-electron chi connectivity index (χ4n) is 6.11. The van der Waals surface area contributed by atoms with Gasteiger partial charge in [-0.2, -0.15) is 5.26 Å². The third-order valence-corrected chi connectivity index (χ3v) is 8.39. The number of nitrogens with zero attached hydrogens (tertiary/aromatic N) is 3. The van der Waals surface area contributed by atoms with Crippen molar-refractivity contribution in [3.8, 4) is 11.8 Å². The monoisotopic (exact) mass is 545 g/mol. The van der Waals surface area contributed by atoms with Crippen LogP contribution in [0.15, 0.2) is 42.7 Å². The van der Waals surface area contributed by atoms with Gasteiger partial charge in [0.15, 0.2) is 0 Å². The van der Waals surface area contributed by atoms with Gasteiger partial charge in [0.2, 0.25) is 11.8 Å². The number of carbonyl (C=O) groups is 2. The lowest BCUT2D eigenvalue weighted by Crippen LogP contribution is -2.53. The lowest BCUT2D eigenvalue weighted by Gasteiger charge is -2.36. The van der Waals surface area contributed by atoms with E-state index < -0.39 is 0 Å². The number of hydrogen-bond donors (Lipinski definition) is 2. The molecule has 3 fully saturated rings. The molecule has 212 valence electrons. The minimum Gasteiger partial charge on any atom is -0.492 e. The number of carbonyl (C=O) groups excluding carboxylic acids is 2. The molecule has 0 spiro atoms. The van der Waals surface area contributed by atoms with Crippen LogP contribution in [-0.2, 0) is 19.9 Å². The Morgan fingerprint density at radius 3 is 2.58 bits per heavy atom. The van der Waals surface area contributed by atoms with Crippen molar-refractivity contribution in [3.63, 3.8) is 0 Å². The summed E-state index contributed by atoms with van der Waals surface area (Å²) in [6.45, 7) is 2.09. The predicted octanol–water partition coefficient (Wildman–Crippen LogP) is 3.68. The molecule has 2 aromatic rings. The van der Waals surface area contributed by atoms with Crippen molar-refractivity contribution >= 4 is 17.5 Å². The number of anilines is 1. The van der Waals surface area contributed by atoms with Crippen molar-refractivity contribution in [1.29, 1.82) is 5.26 Å². The van der Waals surface area contributed by atoms with E-state index >= 15 is 0 Å². The number of pyridine rings is 1. The second kappa shape index (κ2) is 12.8. The number of ether oxygens (including phenoxy) is 2. The molecular formula is C31H39N5O4. The van der Waals surface area contributed by atoms with Crippen LogP contribution >= 0.6 is 0 Å². The van der Waals surface area contributed by atoms with Crippen LogP contribution in [0.2, 0.25) is 0 Å². The Morgan fingerprint density at radius 1 is 1.12 bits per heavy atom. The van der Waals surface area contributed by atoms with E-state index in [0.29, 0.717) is 50.5 Å². The van der Waals surface area contributed by atoms with Crippen molar-refractivity contribution in [2.45, 2.75) is 62.9 Å². The highest BCUT2D eigenvalue weighted by Gasteiger charge is 2.42. The van der Waals surface area contributed by atoms with E-state index in [1.54, 1.807) is 31.6 Å². The van der Waals surface area contributed by atoms with Gasteiger partial charge in [-0.25, -0.2) is 0 Å². The molecule has 1 aromatic heterocycles. The fraction of sp³-hybridized carbons (Fsp3) is 0.548. The Kier molecular flexibility index (Phi) is 8.98. The first-order valence-electron chi connectivity index (χ1n) is 14.5. The van der Waals surface area contributed by atoms with E-state index in [9.17, 15) is 14.9 Å². The minimum absolute atomic E-state index is 0.00630. The highest BCUT2D eigenvalue weighted by Crippen LogP contribution is 2.40. The lowest BCUT2D eigenvalue weighted by molar-refractivity contribution is -0.130. The van der Waals surface area contributed by atoms with Gasteiger partial charge in [-0.3, -0.25) is 14.6 Å². The van der Waals surface area contributed by atoms with Crippen LogP contribution in [0.25, 0.3) is 0 Å². The van der Waals surface area contributed by atoms with Crippen molar-refractivity contribution in [2.24, 2.45) is 11.8 Å². The van der Waals surface area contributed by atoms with Gasteiger partial charge >= 0.3 is 0 Å². The number of amides is 2. The number of hydrogen-bond acceptors (Lipinski definition) is 7. The first-order valence-corrected chi connectivity index (χ1v) is 14.5. The van der Waals surface area contributed by atoms with Crippen LogP contribution in [0.4, 0.5) is 5.69 Å². The molecule has 1 aromatic carbocycles. The molecule has 1 aliphatic heterocycles. The average molecular weight is 546 g/mol. The summed E-state index contributed by atoms with van der Waals surface area (Å²) < 4.78 is 11.0. The van der Waals surface area contributed by atoms with Gasteiger partial charge in [0.05, 0.1) is 29.5 Å². The van der Waals surface area contributed by atoms with E-state index in [0.717, 1.165) is 49.8 Å². The predicted molar refractivity (Wildman–Crippen MR) is 151 cm³/mol. The van der Waals surface area contributed by atoms with Crippen molar-refractivity contribution in [2.75, 3.05) is 38.3 Å². The molecule has 5 rings (SSSR count). The summed E-state index contributed by atoms with van der Waals surface area (Å²) in [5, 5.41) is 16.3. The van der Waals surface area contributed by atoms with Crippen LogP contribution < -0.4 is 20.3 Å². The Hall–Kier alpha value is -3.48. The molecule has 40 heavy (non-hydrogen) atoms. The smallest absolute Gasteiger partial charge is 0.231 e. The van der Waals surface area contributed by atoms with Crippen molar-refractivity contribution in [1.82, 2.24) is 15.6 Å². The van der Waals surface area contributed by atoms with Gasteiger partial charge in [0.25, 0.3) is 0 Å². The molecule has 2 atom stereocenters. The fourth-order valence-corrected chi connectivity index (χ4v) is 6.11. The molecular weight excluding hydrogens is 506 g/mol. The molecule has 2 saturated carbocycles. The molecule has 9 nitrogen and oxygen atoms in total. The zero-order valence-corrected chi connectivity index (χ0v) is 23.2. The Labute approximate surface area is 236 Å². The molecule has 3 aliphatic rings. The van der Waals surface area contributed by atoms with Gasteiger partial charge in [-0.15, -0.1) is 0 Å². The molecule has 2 N–H and O–H groups in total. The Balaban J connectivity index is 1.29. The van der Waals surface area contributed by atoms with Crippen LogP contribution in [0.1, 0.15) is 62.5 Å². The van der Waals surface area contributed by atoms with E-state index in [4.69, 9.17) is 9.47 Å². The number of benzene rings is 1. The maximum atomic E-state index is 14.0. The van der Waals surface area contributed by atoms with Gasteiger partial charge in [0.1, 0.15) is 11.8 Å². The van der Waals surface area contributed by atoms with Crippen LogP contribution in [-0.4, -0.2) is 56.3 Å². The van der Waals surface area contributed by atoms with E-state index in [-0.39, 0.29) is 35.2 Å². The summed E-state index contributed by atoms with van der Waals surface area (Å²) in [5.41, 5.74) is 1.92. The maximum Gasteiger partial charge on any atom is 0.231 e. The molecule has 9 heteroatoms. The molecule has 2 heterocycles. The van der Waals surface area contributed by atoms with Crippen molar-refractivity contribution in [3.05, 3.63) is 53.9 Å². The largest absolute Gasteiger partial charge is 0.492 e. The number of piperidine rings is 1. The third kappa shape index (κ3) is 6.29. The average Bonchev–Trinajstić information content (AvgIpc) is 3.72. The first-order chi connectivity index (χ1) is 19.5. The molecule has 2 aliphatic carbocycles. The molecule has 2 amide bonds. The second-order valence-corrected chi connectivity index (χ2v) is 11.2. The summed E-state index contributed by atoms with van der Waals surface area (Å²) in [5.74, 6) is -0.0958. The summed E-state index contributed by atoms with van der Waals surface area (Å²) in [6.07, 6.45) is 10.6. The number of nitriles is 1. The lowest BCUT2D eigenvalue weighted by atomic mass is 9.85. The standard InChI is InChI=1S/C31H39N5O4/c1-39-15-4-16-40-28-18-27(6-5-22(28)19-32)36(26-7-8-26)30(38)24-17-23(20-34-21-24)29(37)35-31(11-2-3-12-31)25-9-13-33-14-10-25/h5-6,9-10,13-14,18,23-24,26,34H,2-4,7-8,11-12,15-17,20-21H2,1H3,(H,35,37)/t23-,24+/m0/s1. The molecule has 0 bridgehead atoms. The highest BCUT2D eigenvalue weighted by atomic mass is 16.5. The van der Waals surface area contributed by atoms with Gasteiger partial charge in [0, 0.05) is 63.4 Å². The van der Waals surface area contributed by atoms with Crippen LogP contribution in [0, 0.1) is 23.2 Å². The molecule has 0 unspecified atom stereocenters. The summed E-state index contributed by atoms with van der Waals surface area (Å²) in [6, 6.07) is 11.7. The number of aromatic nitrogens is 1. The number of rotatable bonds is 11. The third-order valence-electron chi connectivity index (χ3n) is 8.39. The van der Waals surface area contributed by atoms with Gasteiger partial charge in [-0.05, 0) is 61.9 Å². The summed E-state index contributed by atoms with van der Waals surface area (Å²) in [4.78, 5) is 33.6. The van der Waals surface area contributed by atoms with E-state index in [2.05, 4.69) is 21.7 Å². The van der Waals surface area contributed by atoms with Gasteiger partial charge in [-0.1, -0.05) is 12.8 Å². The molecule has 0 radical (unpaired) electrons. The van der Waals surface area contributed by atoms with Crippen LogP contribution in [0.3, 0.4) is 0 Å². The van der Waals surface area contributed by atoms with E-state index in [1.165, 1.54) is 0 Å². The normalized spacial score (nSPS) is 21.8. The van der Waals surface area contributed by atoms with E-state index in [1.807, 2.05) is 23.1 Å². The number of methoxy groups -OCH3 is 1. The summed E-state index contributed by atoms with van der Waals surface area (Å²) >= 11 is 0. The Morgan fingerprint density at radius 2 is 1.88 bits per heavy atom. The first kappa shape index (κ1) is 28.1. The topological polar surface area (TPSA) is 117 Å². The highest BCUT2D eigenvalue weighted by molar-refractivity contribution is 5.97. The zero-order valence-electron chi connectivity index (χ0n) is 23.2. The quantitative estimate of drug-likeness (QED) is 0.414. The SMILES string of the molecule is COCCCOc1cc(N(C(=O)[C@H]2CNC[C@@H](C(=O)NC3(c4ccncc4)CCCC3)C2)C2CC2)ccc1C#N. The van der Waals surface area contributed by atoms with Gasteiger partial charge < -0.3 is 25.0 Å². The van der Waals surface area contributed by atoms with Crippen LogP contribution in [0.5, 0.6) is 5.75 Å². The minimum atomic E-state index is -0.362. The molecule has 1 saturated heterocycles. The zero-order chi connectivity index (χ0) is 28.0. The Bertz CT molecular complexity index is 1220. The second-order valence-electron chi connectivity index (χ2n) is 11.2.